The van der Waals surface area contributed by atoms with Crippen molar-refractivity contribution < 1.29 is 9.59 Å². The van der Waals surface area contributed by atoms with Gasteiger partial charge in [0.25, 0.3) is 11.8 Å². The highest BCUT2D eigenvalue weighted by molar-refractivity contribution is 6.09. The first-order chi connectivity index (χ1) is 14.5. The molecule has 6 nitrogen and oxygen atoms in total. The van der Waals surface area contributed by atoms with Crippen LogP contribution in [0.4, 0.5) is 11.4 Å². The van der Waals surface area contributed by atoms with E-state index in [2.05, 4.69) is 17.2 Å². The number of benzene rings is 3. The van der Waals surface area contributed by atoms with Crippen molar-refractivity contribution in [3.8, 4) is 12.1 Å². The molecule has 0 bridgehead atoms. The van der Waals surface area contributed by atoms with E-state index in [0.29, 0.717) is 39.2 Å². The minimum Gasteiger partial charge on any atom is -0.322 e. The van der Waals surface area contributed by atoms with Gasteiger partial charge in [-0.3, -0.25) is 9.59 Å². The van der Waals surface area contributed by atoms with Crippen molar-refractivity contribution in [2.24, 2.45) is 0 Å². The van der Waals surface area contributed by atoms with E-state index in [9.17, 15) is 9.59 Å². The molecule has 0 aromatic heterocycles. The van der Waals surface area contributed by atoms with Crippen LogP contribution in [0.15, 0.2) is 73.3 Å². The predicted molar refractivity (Wildman–Crippen MR) is 115 cm³/mol. The van der Waals surface area contributed by atoms with Gasteiger partial charge >= 0.3 is 0 Å². The Bertz CT molecular complexity index is 1200. The number of nitrogens with one attached hydrogen (secondary N) is 2. The molecule has 0 atom stereocenters. The molecule has 0 radical (unpaired) electrons. The molecular weight excluding hydrogens is 376 g/mol. The molecule has 2 amide bonds. The lowest BCUT2D eigenvalue weighted by molar-refractivity contribution is 0.101. The summed E-state index contributed by atoms with van der Waals surface area (Å²) in [6, 6.07) is 21.8. The van der Waals surface area contributed by atoms with Crippen LogP contribution in [0.1, 0.15) is 37.4 Å². The molecule has 6 heteroatoms. The monoisotopic (exact) mass is 392 g/mol. The van der Waals surface area contributed by atoms with Crippen molar-refractivity contribution in [1.82, 2.24) is 0 Å². The van der Waals surface area contributed by atoms with Crippen LogP contribution in [0.2, 0.25) is 0 Å². The molecule has 0 spiro atoms. The fourth-order valence-electron chi connectivity index (χ4n) is 2.74. The van der Waals surface area contributed by atoms with Crippen LogP contribution in [0, 0.1) is 22.7 Å². The van der Waals surface area contributed by atoms with Crippen molar-refractivity contribution in [1.29, 1.82) is 10.5 Å². The maximum absolute atomic E-state index is 12.6. The number of nitriles is 2. The molecule has 144 valence electrons. The summed E-state index contributed by atoms with van der Waals surface area (Å²) < 4.78 is 0. The fourth-order valence-corrected chi connectivity index (χ4v) is 2.74. The Morgan fingerprint density at radius 3 is 1.73 bits per heavy atom. The topological polar surface area (TPSA) is 106 Å². The highest BCUT2D eigenvalue weighted by Gasteiger charge is 2.14. The molecule has 3 rings (SSSR count). The molecule has 0 aliphatic rings. The van der Waals surface area contributed by atoms with Gasteiger partial charge in [-0.1, -0.05) is 12.7 Å². The van der Waals surface area contributed by atoms with E-state index in [-0.39, 0.29) is 11.8 Å². The average Bonchev–Trinajstić information content (AvgIpc) is 2.79. The van der Waals surface area contributed by atoms with Crippen LogP contribution < -0.4 is 10.6 Å². The maximum atomic E-state index is 12.6. The lowest BCUT2D eigenvalue weighted by Gasteiger charge is -2.11. The molecule has 2 N–H and O–H groups in total. The summed E-state index contributed by atoms with van der Waals surface area (Å²) >= 11 is 0. The van der Waals surface area contributed by atoms with Crippen molar-refractivity contribution in [3.05, 3.63) is 101 Å². The summed E-state index contributed by atoms with van der Waals surface area (Å²) in [7, 11) is 0. The number of carbonyl (C=O) groups excluding carboxylic acids is 2. The largest absolute Gasteiger partial charge is 0.322 e. The van der Waals surface area contributed by atoms with Gasteiger partial charge in [0.15, 0.2) is 0 Å². The first-order valence-corrected chi connectivity index (χ1v) is 8.93. The Hall–Kier alpha value is -4.68. The third-order valence-electron chi connectivity index (χ3n) is 4.32. The Morgan fingerprint density at radius 1 is 0.767 bits per heavy atom. The Balaban J connectivity index is 1.76. The van der Waals surface area contributed by atoms with Crippen LogP contribution >= 0.6 is 0 Å². The van der Waals surface area contributed by atoms with Crippen LogP contribution in [-0.2, 0) is 0 Å². The van der Waals surface area contributed by atoms with Crippen LogP contribution in [0.5, 0.6) is 0 Å². The first-order valence-electron chi connectivity index (χ1n) is 8.93. The zero-order valence-electron chi connectivity index (χ0n) is 15.8. The molecule has 0 aliphatic carbocycles. The standard InChI is InChI=1S/C24H16N4O2/c1-2-18-13-19(23(29)27-20-8-3-16(14-25)4-9-20)7-12-22(18)24(30)28-21-10-5-17(15-26)6-11-21/h2-13H,1H2,(H,27,29)(H,28,30). The molecular formula is C24H16N4O2. The highest BCUT2D eigenvalue weighted by Crippen LogP contribution is 2.18. The highest BCUT2D eigenvalue weighted by atomic mass is 16.2. The van der Waals surface area contributed by atoms with Gasteiger partial charge in [-0.25, -0.2) is 0 Å². The number of hydrogen-bond donors (Lipinski definition) is 2. The van der Waals surface area contributed by atoms with Gasteiger partial charge in [0, 0.05) is 22.5 Å². The van der Waals surface area contributed by atoms with Gasteiger partial charge in [0.2, 0.25) is 0 Å². The van der Waals surface area contributed by atoms with Crippen LogP contribution in [0.3, 0.4) is 0 Å². The van der Waals surface area contributed by atoms with Crippen LogP contribution in [-0.4, -0.2) is 11.8 Å². The maximum Gasteiger partial charge on any atom is 0.256 e. The van der Waals surface area contributed by atoms with Crippen molar-refractivity contribution in [2.75, 3.05) is 10.6 Å². The first kappa shape index (κ1) is 20.1. The molecule has 3 aromatic rings. The van der Waals surface area contributed by atoms with Gasteiger partial charge in [-0.05, 0) is 72.3 Å². The van der Waals surface area contributed by atoms with Crippen LogP contribution in [0.25, 0.3) is 6.08 Å². The minimum absolute atomic E-state index is 0.346. The summed E-state index contributed by atoms with van der Waals surface area (Å²) in [5.41, 5.74) is 3.34. The summed E-state index contributed by atoms with van der Waals surface area (Å²) in [6.07, 6.45) is 1.51. The van der Waals surface area contributed by atoms with E-state index < -0.39 is 0 Å². The second-order valence-corrected chi connectivity index (χ2v) is 6.29. The zero-order chi connectivity index (χ0) is 21.5. The molecule has 0 saturated carbocycles. The Kier molecular flexibility index (Phi) is 6.02. The minimum atomic E-state index is -0.353. The van der Waals surface area contributed by atoms with E-state index in [1.165, 1.54) is 6.08 Å². The van der Waals surface area contributed by atoms with Gasteiger partial charge < -0.3 is 10.6 Å². The lowest BCUT2D eigenvalue weighted by Crippen LogP contribution is -2.16. The van der Waals surface area contributed by atoms with Gasteiger partial charge in [0.05, 0.1) is 23.3 Å². The van der Waals surface area contributed by atoms with Gasteiger partial charge in [0.1, 0.15) is 0 Å². The summed E-state index contributed by atoms with van der Waals surface area (Å²) in [5.74, 6) is -0.699. The predicted octanol–water partition coefficient (Wildman–Crippen LogP) is 4.58. The molecule has 0 heterocycles. The number of hydrogen-bond acceptors (Lipinski definition) is 4. The van der Waals surface area contributed by atoms with E-state index in [1.54, 1.807) is 66.7 Å². The molecule has 0 fully saturated rings. The smallest absolute Gasteiger partial charge is 0.256 e. The zero-order valence-corrected chi connectivity index (χ0v) is 15.8. The lowest BCUT2D eigenvalue weighted by atomic mass is 10.0. The normalized spacial score (nSPS) is 9.67. The van der Waals surface area contributed by atoms with Gasteiger partial charge in [-0.2, -0.15) is 10.5 Å². The fraction of sp³-hybridized carbons (Fsp3) is 0. The molecule has 3 aromatic carbocycles. The van der Waals surface area contributed by atoms with Gasteiger partial charge in [-0.15, -0.1) is 0 Å². The summed E-state index contributed by atoms with van der Waals surface area (Å²) in [4.78, 5) is 25.2. The number of nitrogens with zero attached hydrogens (tertiary/aromatic N) is 2. The van der Waals surface area contributed by atoms with Crippen molar-refractivity contribution in [2.45, 2.75) is 0 Å². The van der Waals surface area contributed by atoms with E-state index in [0.717, 1.165) is 0 Å². The third kappa shape index (κ3) is 4.59. The van der Waals surface area contributed by atoms with E-state index in [1.807, 2.05) is 12.1 Å². The molecule has 0 aliphatic heterocycles. The summed E-state index contributed by atoms with van der Waals surface area (Å²) in [6.45, 7) is 3.73. The Morgan fingerprint density at radius 2 is 1.27 bits per heavy atom. The van der Waals surface area contributed by atoms with E-state index in [4.69, 9.17) is 10.5 Å². The Labute approximate surface area is 173 Å². The number of amides is 2. The second-order valence-electron chi connectivity index (χ2n) is 6.29. The third-order valence-corrected chi connectivity index (χ3v) is 4.32. The second kappa shape index (κ2) is 9.01. The number of anilines is 2. The van der Waals surface area contributed by atoms with Crippen molar-refractivity contribution >= 4 is 29.3 Å². The van der Waals surface area contributed by atoms with Crippen molar-refractivity contribution in [3.63, 3.8) is 0 Å². The SMILES string of the molecule is C=Cc1cc(C(=O)Nc2ccc(C#N)cc2)ccc1C(=O)Nc1ccc(C#N)cc1. The molecule has 0 unspecified atom stereocenters. The molecule has 30 heavy (non-hydrogen) atoms. The number of carbonyl (C=O) groups is 2. The average molecular weight is 392 g/mol. The number of rotatable bonds is 5. The summed E-state index contributed by atoms with van der Waals surface area (Å²) in [5, 5.41) is 23.2. The quantitative estimate of drug-likeness (QED) is 0.663. The van der Waals surface area contributed by atoms with E-state index >= 15 is 0 Å². The molecule has 0 saturated heterocycles.